The Labute approximate surface area is 162 Å². The maximum atomic E-state index is 12.0. The third kappa shape index (κ3) is 3.09. The quantitative estimate of drug-likeness (QED) is 0.568. The van der Waals surface area contributed by atoms with Gasteiger partial charge in [0.15, 0.2) is 11.5 Å². The van der Waals surface area contributed by atoms with Gasteiger partial charge in [-0.05, 0) is 29.3 Å². The number of aromatic carboxylic acids is 1. The smallest absolute Gasteiger partial charge is 0.354 e. The molecule has 6 heteroatoms. The minimum atomic E-state index is -1.01. The zero-order valence-corrected chi connectivity index (χ0v) is 15.6. The molecule has 4 aromatic rings. The summed E-state index contributed by atoms with van der Waals surface area (Å²) < 4.78 is 6.92. The Balaban J connectivity index is 1.90. The van der Waals surface area contributed by atoms with Crippen LogP contribution in [0.25, 0.3) is 22.3 Å². The van der Waals surface area contributed by atoms with Crippen LogP contribution in [-0.4, -0.2) is 32.7 Å². The minimum absolute atomic E-state index is 0.160. The predicted octanol–water partition coefficient (Wildman–Crippen LogP) is 4.16. The number of ether oxygens (including phenoxy) is 1. The summed E-state index contributed by atoms with van der Waals surface area (Å²) in [7, 11) is 1.54. The van der Waals surface area contributed by atoms with Crippen molar-refractivity contribution in [2.45, 2.75) is 13.5 Å². The fourth-order valence-corrected chi connectivity index (χ4v) is 3.45. The van der Waals surface area contributed by atoms with Gasteiger partial charge in [-0.15, -0.1) is 0 Å². The van der Waals surface area contributed by atoms with E-state index >= 15 is 0 Å². The van der Waals surface area contributed by atoms with Crippen molar-refractivity contribution >= 4 is 16.7 Å². The molecule has 140 valence electrons. The normalized spacial score (nSPS) is 10.9. The van der Waals surface area contributed by atoms with Gasteiger partial charge in [0.2, 0.25) is 5.88 Å². The summed E-state index contributed by atoms with van der Waals surface area (Å²) in [6.45, 7) is 2.07. The maximum Gasteiger partial charge on any atom is 0.354 e. The fraction of sp³-hybridized carbons (Fsp3) is 0.136. The molecule has 0 spiro atoms. The molecule has 0 amide bonds. The van der Waals surface area contributed by atoms with Crippen molar-refractivity contribution in [2.75, 3.05) is 7.11 Å². The maximum absolute atomic E-state index is 12.0. The lowest BCUT2D eigenvalue weighted by atomic mass is 10.0. The average molecular weight is 373 g/mol. The molecular weight excluding hydrogens is 354 g/mol. The second-order valence-corrected chi connectivity index (χ2v) is 6.46. The zero-order chi connectivity index (χ0) is 19.7. The minimum Gasteiger partial charge on any atom is -0.481 e. The van der Waals surface area contributed by atoms with E-state index in [-0.39, 0.29) is 5.69 Å². The number of aromatic nitrogens is 3. The van der Waals surface area contributed by atoms with Crippen molar-refractivity contribution in [1.82, 2.24) is 14.5 Å². The van der Waals surface area contributed by atoms with Crippen LogP contribution >= 0.6 is 0 Å². The number of hydrogen-bond acceptors (Lipinski definition) is 4. The third-order valence-corrected chi connectivity index (χ3v) is 4.71. The Morgan fingerprint density at radius 3 is 2.57 bits per heavy atom. The summed E-state index contributed by atoms with van der Waals surface area (Å²) in [4.78, 5) is 20.9. The largest absolute Gasteiger partial charge is 0.481 e. The van der Waals surface area contributed by atoms with Crippen LogP contribution in [0.3, 0.4) is 0 Å². The molecule has 0 aliphatic carbocycles. The number of aryl methyl sites for hydroxylation is 1. The number of nitrogens with zero attached hydrogens (tertiary/aromatic N) is 3. The van der Waals surface area contributed by atoms with Gasteiger partial charge in [-0.2, -0.15) is 0 Å². The van der Waals surface area contributed by atoms with Crippen molar-refractivity contribution < 1.29 is 14.6 Å². The first kappa shape index (κ1) is 17.7. The molecular formula is C22H19N3O3. The molecule has 0 saturated heterocycles. The Bertz CT molecular complexity index is 1180. The molecule has 6 nitrogen and oxygen atoms in total. The zero-order valence-electron chi connectivity index (χ0n) is 15.6. The van der Waals surface area contributed by atoms with Gasteiger partial charge in [0, 0.05) is 6.07 Å². The molecule has 2 aromatic heterocycles. The molecule has 0 aliphatic rings. The van der Waals surface area contributed by atoms with E-state index in [2.05, 4.69) is 9.97 Å². The molecule has 4 rings (SSSR count). The number of methoxy groups -OCH3 is 1. The molecule has 0 unspecified atom stereocenters. The van der Waals surface area contributed by atoms with E-state index in [9.17, 15) is 9.90 Å². The number of carboxylic acid groups (broad SMARTS) is 1. The SMILES string of the molecule is COc1cccc(-c2nc(C)c(C(=O)O)n2Cc2cccc3ccccc23)n1. The average Bonchev–Trinajstić information content (AvgIpc) is 3.04. The van der Waals surface area contributed by atoms with Crippen molar-refractivity contribution in [3.05, 3.63) is 77.6 Å². The highest BCUT2D eigenvalue weighted by Gasteiger charge is 2.22. The molecule has 0 atom stereocenters. The Morgan fingerprint density at radius 2 is 1.79 bits per heavy atom. The van der Waals surface area contributed by atoms with Gasteiger partial charge in [-0.25, -0.2) is 14.8 Å². The monoisotopic (exact) mass is 373 g/mol. The fourth-order valence-electron chi connectivity index (χ4n) is 3.45. The Kier molecular flexibility index (Phi) is 4.53. The highest BCUT2D eigenvalue weighted by Crippen LogP contribution is 2.26. The van der Waals surface area contributed by atoms with Crippen LogP contribution < -0.4 is 4.74 Å². The van der Waals surface area contributed by atoms with Gasteiger partial charge in [-0.1, -0.05) is 48.5 Å². The van der Waals surface area contributed by atoms with Gasteiger partial charge >= 0.3 is 5.97 Å². The van der Waals surface area contributed by atoms with Crippen LogP contribution in [-0.2, 0) is 6.54 Å². The number of carboxylic acids is 1. The van der Waals surface area contributed by atoms with E-state index in [0.29, 0.717) is 29.6 Å². The Hall–Kier alpha value is -3.67. The lowest BCUT2D eigenvalue weighted by Crippen LogP contribution is -2.12. The number of hydrogen-bond donors (Lipinski definition) is 1. The van der Waals surface area contributed by atoms with Gasteiger partial charge in [0.1, 0.15) is 5.69 Å². The van der Waals surface area contributed by atoms with Crippen molar-refractivity contribution in [1.29, 1.82) is 0 Å². The van der Waals surface area contributed by atoms with Gasteiger partial charge in [0.25, 0.3) is 0 Å². The lowest BCUT2D eigenvalue weighted by Gasteiger charge is -2.13. The first-order chi connectivity index (χ1) is 13.6. The van der Waals surface area contributed by atoms with E-state index in [1.807, 2.05) is 48.5 Å². The Morgan fingerprint density at radius 1 is 1.04 bits per heavy atom. The van der Waals surface area contributed by atoms with E-state index in [0.717, 1.165) is 16.3 Å². The highest BCUT2D eigenvalue weighted by atomic mass is 16.5. The molecule has 28 heavy (non-hydrogen) atoms. The highest BCUT2D eigenvalue weighted by molar-refractivity contribution is 5.89. The van der Waals surface area contributed by atoms with Gasteiger partial charge in [0.05, 0.1) is 19.3 Å². The summed E-state index contributed by atoms with van der Waals surface area (Å²) in [5.74, 6) is -0.0622. The number of imidazole rings is 1. The number of carbonyl (C=O) groups is 1. The summed E-state index contributed by atoms with van der Waals surface area (Å²) in [5.41, 5.74) is 2.19. The molecule has 0 radical (unpaired) electrons. The second-order valence-electron chi connectivity index (χ2n) is 6.46. The first-order valence-corrected chi connectivity index (χ1v) is 8.87. The van der Waals surface area contributed by atoms with Crippen LogP contribution in [0, 0.1) is 6.92 Å². The van der Waals surface area contributed by atoms with Crippen molar-refractivity contribution in [2.24, 2.45) is 0 Å². The summed E-state index contributed by atoms with van der Waals surface area (Å²) in [6.07, 6.45) is 0. The van der Waals surface area contributed by atoms with E-state index in [4.69, 9.17) is 4.74 Å². The van der Waals surface area contributed by atoms with Crippen molar-refractivity contribution in [3.8, 4) is 17.4 Å². The standard InChI is InChI=1S/C22H19N3O3/c1-14-20(22(26)27)25(21(23-14)18-11-6-12-19(24-18)28-2)13-16-9-5-8-15-7-3-4-10-17(15)16/h3-12H,13H2,1-2H3,(H,26,27). The molecule has 0 aliphatic heterocycles. The van der Waals surface area contributed by atoms with Crippen LogP contribution in [0.5, 0.6) is 5.88 Å². The molecule has 0 saturated carbocycles. The molecule has 2 aromatic carbocycles. The number of rotatable bonds is 5. The number of benzene rings is 2. The van der Waals surface area contributed by atoms with E-state index < -0.39 is 5.97 Å². The topological polar surface area (TPSA) is 77.2 Å². The summed E-state index contributed by atoms with van der Waals surface area (Å²) >= 11 is 0. The van der Waals surface area contributed by atoms with Gasteiger partial charge in [-0.3, -0.25) is 0 Å². The lowest BCUT2D eigenvalue weighted by molar-refractivity contribution is 0.0685. The molecule has 2 heterocycles. The first-order valence-electron chi connectivity index (χ1n) is 8.87. The van der Waals surface area contributed by atoms with Crippen LogP contribution in [0.4, 0.5) is 0 Å². The number of fused-ring (bicyclic) bond motifs is 1. The molecule has 1 N–H and O–H groups in total. The van der Waals surface area contributed by atoms with E-state index in [1.54, 1.807) is 30.7 Å². The third-order valence-electron chi connectivity index (χ3n) is 4.71. The second kappa shape index (κ2) is 7.15. The van der Waals surface area contributed by atoms with Crippen LogP contribution in [0.1, 0.15) is 21.7 Å². The number of pyridine rings is 1. The molecule has 0 fully saturated rings. The van der Waals surface area contributed by atoms with Crippen LogP contribution in [0.2, 0.25) is 0 Å². The van der Waals surface area contributed by atoms with Gasteiger partial charge < -0.3 is 14.4 Å². The summed E-state index contributed by atoms with van der Waals surface area (Å²) in [5, 5.41) is 12.0. The summed E-state index contributed by atoms with van der Waals surface area (Å²) in [6, 6.07) is 19.4. The van der Waals surface area contributed by atoms with Crippen molar-refractivity contribution in [3.63, 3.8) is 0 Å². The molecule has 0 bridgehead atoms. The van der Waals surface area contributed by atoms with Crippen LogP contribution in [0.15, 0.2) is 60.7 Å². The van der Waals surface area contributed by atoms with E-state index in [1.165, 1.54) is 0 Å². The predicted molar refractivity (Wildman–Crippen MR) is 107 cm³/mol.